The Morgan fingerprint density at radius 1 is 1.00 bits per heavy atom. The molecule has 0 spiro atoms. The summed E-state index contributed by atoms with van der Waals surface area (Å²) in [4.78, 5) is 37.9. The summed E-state index contributed by atoms with van der Waals surface area (Å²) in [5.41, 5.74) is 3.80. The van der Waals surface area contributed by atoms with Crippen LogP contribution in [0.2, 0.25) is 0 Å². The van der Waals surface area contributed by atoms with Crippen LogP contribution in [0.3, 0.4) is 0 Å². The van der Waals surface area contributed by atoms with Gasteiger partial charge in [0.05, 0.1) is 11.8 Å². The van der Waals surface area contributed by atoms with Crippen molar-refractivity contribution in [3.8, 4) is 0 Å². The lowest BCUT2D eigenvalue weighted by atomic mass is 9.79. The van der Waals surface area contributed by atoms with E-state index in [-0.39, 0.29) is 47.6 Å². The summed E-state index contributed by atoms with van der Waals surface area (Å²) in [6.07, 6.45) is 1.68. The molecule has 3 fully saturated rings. The molecule has 2 amide bonds. The molecule has 0 aromatic heterocycles. The minimum absolute atomic E-state index is 0.00785. The van der Waals surface area contributed by atoms with E-state index in [1.165, 1.54) is 0 Å². The van der Waals surface area contributed by atoms with E-state index in [9.17, 15) is 14.4 Å². The van der Waals surface area contributed by atoms with Crippen molar-refractivity contribution in [2.75, 3.05) is 10.6 Å². The summed E-state index contributed by atoms with van der Waals surface area (Å²) in [5.74, 6) is -0.882. The van der Waals surface area contributed by atoms with Gasteiger partial charge in [0, 0.05) is 22.9 Å². The zero-order valence-electron chi connectivity index (χ0n) is 17.0. The SMILES string of the molecule is Cc1cccc(C)c1NC(=O)c1cccc(NC(=O)[C@@H]2[C@@H]3C[C@@H]4[C@@H]2C(=O)O[C@@H]4C3)c1. The second-order valence-corrected chi connectivity index (χ2v) is 8.71. The van der Waals surface area contributed by atoms with Crippen LogP contribution in [0, 0.1) is 37.5 Å². The summed E-state index contributed by atoms with van der Waals surface area (Å²) in [6, 6.07) is 12.8. The molecule has 3 aliphatic rings. The van der Waals surface area contributed by atoms with Crippen molar-refractivity contribution >= 4 is 29.2 Å². The molecule has 2 aliphatic carbocycles. The second-order valence-electron chi connectivity index (χ2n) is 8.71. The second kappa shape index (κ2) is 6.97. The Bertz CT molecular complexity index is 1040. The van der Waals surface area contributed by atoms with Crippen molar-refractivity contribution in [3.63, 3.8) is 0 Å². The fourth-order valence-corrected chi connectivity index (χ4v) is 5.52. The van der Waals surface area contributed by atoms with Gasteiger partial charge in [0.1, 0.15) is 6.10 Å². The maximum absolute atomic E-state index is 13.0. The molecule has 1 heterocycles. The van der Waals surface area contributed by atoms with Crippen LogP contribution >= 0.6 is 0 Å². The molecule has 0 unspecified atom stereocenters. The average Bonchev–Trinajstić information content (AvgIpc) is 3.33. The molecule has 0 radical (unpaired) electrons. The number of nitrogens with one attached hydrogen (secondary N) is 2. The highest BCUT2D eigenvalue weighted by Gasteiger charge is 2.63. The molecule has 1 aliphatic heterocycles. The van der Waals surface area contributed by atoms with Crippen molar-refractivity contribution < 1.29 is 19.1 Å². The number of benzene rings is 2. The third-order valence-corrected chi connectivity index (χ3v) is 6.90. The Balaban J connectivity index is 1.31. The predicted molar refractivity (Wildman–Crippen MR) is 112 cm³/mol. The summed E-state index contributed by atoms with van der Waals surface area (Å²) >= 11 is 0. The van der Waals surface area contributed by atoms with Gasteiger partial charge in [0.2, 0.25) is 5.91 Å². The van der Waals surface area contributed by atoms with Crippen LogP contribution in [0.25, 0.3) is 0 Å². The van der Waals surface area contributed by atoms with Crippen molar-refractivity contribution in [2.45, 2.75) is 32.8 Å². The van der Waals surface area contributed by atoms with Crippen molar-refractivity contribution in [3.05, 3.63) is 59.2 Å². The highest BCUT2D eigenvalue weighted by molar-refractivity contribution is 6.06. The molecule has 2 aromatic carbocycles. The Morgan fingerprint density at radius 3 is 2.50 bits per heavy atom. The number of carbonyl (C=O) groups is 3. The van der Waals surface area contributed by atoms with Crippen molar-refractivity contribution in [1.29, 1.82) is 0 Å². The molecule has 2 saturated carbocycles. The number of ether oxygens (including phenoxy) is 1. The summed E-state index contributed by atoms with van der Waals surface area (Å²) in [7, 11) is 0. The van der Waals surface area contributed by atoms with Crippen LogP contribution in [0.1, 0.15) is 34.3 Å². The van der Waals surface area contributed by atoms with E-state index >= 15 is 0 Å². The lowest BCUT2D eigenvalue weighted by Crippen LogP contribution is -2.35. The molecule has 5 rings (SSSR count). The Kier molecular flexibility index (Phi) is 4.38. The van der Waals surface area contributed by atoms with E-state index in [2.05, 4.69) is 10.6 Å². The number of rotatable bonds is 4. The number of fused-ring (bicyclic) bond motifs is 1. The van der Waals surface area contributed by atoms with Gasteiger partial charge in [-0.15, -0.1) is 0 Å². The Hall–Kier alpha value is -3.15. The largest absolute Gasteiger partial charge is 0.462 e. The van der Waals surface area contributed by atoms with Crippen molar-refractivity contribution in [1.82, 2.24) is 0 Å². The van der Waals surface area contributed by atoms with Crippen molar-refractivity contribution in [2.24, 2.45) is 23.7 Å². The van der Waals surface area contributed by atoms with Crippen LogP contribution in [0.4, 0.5) is 11.4 Å². The van der Waals surface area contributed by atoms with Gasteiger partial charge < -0.3 is 15.4 Å². The van der Waals surface area contributed by atoms with Crippen LogP contribution in [0.15, 0.2) is 42.5 Å². The van der Waals surface area contributed by atoms with Gasteiger partial charge in [0.25, 0.3) is 5.91 Å². The fourth-order valence-electron chi connectivity index (χ4n) is 5.52. The smallest absolute Gasteiger partial charge is 0.310 e. The first-order valence-corrected chi connectivity index (χ1v) is 10.4. The van der Waals surface area contributed by atoms with Crippen LogP contribution < -0.4 is 10.6 Å². The highest BCUT2D eigenvalue weighted by Crippen LogP contribution is 2.57. The third-order valence-electron chi connectivity index (χ3n) is 6.90. The number of para-hydroxylation sites is 1. The molecule has 2 bridgehead atoms. The quantitative estimate of drug-likeness (QED) is 0.761. The zero-order chi connectivity index (χ0) is 21.0. The molecule has 30 heavy (non-hydrogen) atoms. The van der Waals surface area contributed by atoms with Crippen LogP contribution in [0.5, 0.6) is 0 Å². The van der Waals surface area contributed by atoms with Crippen LogP contribution in [-0.2, 0) is 14.3 Å². The molecule has 6 heteroatoms. The number of aryl methyl sites for hydroxylation is 2. The van der Waals surface area contributed by atoms with Gasteiger partial charge in [-0.1, -0.05) is 24.3 Å². The first-order chi connectivity index (χ1) is 14.4. The highest BCUT2D eigenvalue weighted by atomic mass is 16.6. The first kappa shape index (κ1) is 18.9. The minimum Gasteiger partial charge on any atom is -0.462 e. The van der Waals surface area contributed by atoms with E-state index in [1.54, 1.807) is 24.3 Å². The monoisotopic (exact) mass is 404 g/mol. The molecule has 2 aromatic rings. The molecule has 1 saturated heterocycles. The van der Waals surface area contributed by atoms with Gasteiger partial charge in [-0.25, -0.2) is 0 Å². The zero-order valence-corrected chi connectivity index (χ0v) is 17.0. The van der Waals surface area contributed by atoms with Gasteiger partial charge >= 0.3 is 5.97 Å². The number of amides is 2. The molecule has 6 nitrogen and oxygen atoms in total. The van der Waals surface area contributed by atoms with E-state index in [1.807, 2.05) is 32.0 Å². The van der Waals surface area contributed by atoms with Gasteiger partial charge in [-0.2, -0.15) is 0 Å². The number of esters is 1. The first-order valence-electron chi connectivity index (χ1n) is 10.4. The maximum atomic E-state index is 13.0. The summed E-state index contributed by atoms with van der Waals surface area (Å²) in [5, 5.41) is 5.89. The standard InChI is InChI=1S/C24H24N2O4/c1-12-5-3-6-13(2)21(12)26-22(27)14-7-4-8-16(9-14)25-23(28)19-15-10-17-18(11-15)30-24(29)20(17)19/h3-9,15,17-20H,10-11H2,1-2H3,(H,25,28)(H,26,27)/t15-,17+,18-,19-,20+/m1/s1. The molecule has 2 N–H and O–H groups in total. The predicted octanol–water partition coefficient (Wildman–Crippen LogP) is 3.69. The number of hydrogen-bond acceptors (Lipinski definition) is 4. The molecular weight excluding hydrogens is 380 g/mol. The molecule has 154 valence electrons. The van der Waals surface area contributed by atoms with Crippen LogP contribution in [-0.4, -0.2) is 23.9 Å². The normalized spacial score (nSPS) is 28.3. The van der Waals surface area contributed by atoms with E-state index in [0.717, 1.165) is 29.7 Å². The van der Waals surface area contributed by atoms with Gasteiger partial charge in [0.15, 0.2) is 0 Å². The summed E-state index contributed by atoms with van der Waals surface area (Å²) < 4.78 is 5.42. The fraction of sp³-hybridized carbons (Fsp3) is 0.375. The van der Waals surface area contributed by atoms with Gasteiger partial charge in [-0.3, -0.25) is 14.4 Å². The van der Waals surface area contributed by atoms with E-state index in [4.69, 9.17) is 4.74 Å². The maximum Gasteiger partial charge on any atom is 0.310 e. The topological polar surface area (TPSA) is 84.5 Å². The number of hydrogen-bond donors (Lipinski definition) is 2. The number of carbonyl (C=O) groups excluding carboxylic acids is 3. The lowest BCUT2D eigenvalue weighted by Gasteiger charge is -2.23. The minimum atomic E-state index is -0.339. The third kappa shape index (κ3) is 2.98. The Morgan fingerprint density at radius 2 is 1.73 bits per heavy atom. The number of anilines is 2. The molecule has 5 atom stereocenters. The van der Waals surface area contributed by atoms with E-state index in [0.29, 0.717) is 11.3 Å². The summed E-state index contributed by atoms with van der Waals surface area (Å²) in [6.45, 7) is 3.90. The lowest BCUT2D eigenvalue weighted by molar-refractivity contribution is -0.145. The average molecular weight is 404 g/mol. The van der Waals surface area contributed by atoms with E-state index < -0.39 is 0 Å². The van der Waals surface area contributed by atoms with Gasteiger partial charge in [-0.05, 0) is 61.9 Å². The Labute approximate surface area is 175 Å². The molecular formula is C24H24N2O4.